The molecular formula is C14H16N2O2. The number of hydrogen-bond donors (Lipinski definition) is 1. The van der Waals surface area contributed by atoms with Crippen LogP contribution in [0.4, 0.5) is 5.69 Å². The minimum absolute atomic E-state index is 0.301. The highest BCUT2D eigenvalue weighted by molar-refractivity contribution is 5.80. The number of esters is 1. The van der Waals surface area contributed by atoms with Gasteiger partial charge in [0, 0.05) is 11.3 Å². The third-order valence-electron chi connectivity index (χ3n) is 2.54. The van der Waals surface area contributed by atoms with Gasteiger partial charge in [0.1, 0.15) is 0 Å². The minimum atomic E-state index is -0.588. The van der Waals surface area contributed by atoms with E-state index < -0.39 is 11.9 Å². The van der Waals surface area contributed by atoms with E-state index in [1.807, 2.05) is 18.2 Å². The van der Waals surface area contributed by atoms with Crippen LogP contribution >= 0.6 is 0 Å². The van der Waals surface area contributed by atoms with Crippen LogP contribution in [0.25, 0.3) is 6.08 Å². The summed E-state index contributed by atoms with van der Waals surface area (Å²) < 4.78 is 4.89. The maximum absolute atomic E-state index is 11.6. The number of hydrogen-bond acceptors (Lipinski definition) is 4. The van der Waals surface area contributed by atoms with Gasteiger partial charge in [0.2, 0.25) is 0 Å². The summed E-state index contributed by atoms with van der Waals surface area (Å²) in [4.78, 5) is 11.6. The summed E-state index contributed by atoms with van der Waals surface area (Å²) in [7, 11) is 0. The highest BCUT2D eigenvalue weighted by atomic mass is 16.5. The summed E-state index contributed by atoms with van der Waals surface area (Å²) in [5, 5.41) is 9.10. The minimum Gasteiger partial charge on any atom is -0.466 e. The molecule has 0 aliphatic carbocycles. The van der Waals surface area contributed by atoms with Gasteiger partial charge >= 0.3 is 5.97 Å². The summed E-state index contributed by atoms with van der Waals surface area (Å²) in [5.41, 5.74) is 7.43. The fourth-order valence-electron chi connectivity index (χ4n) is 1.46. The van der Waals surface area contributed by atoms with E-state index in [2.05, 4.69) is 0 Å². The van der Waals surface area contributed by atoms with Crippen LogP contribution in [-0.4, -0.2) is 12.6 Å². The van der Waals surface area contributed by atoms with Crippen molar-refractivity contribution in [1.29, 1.82) is 5.26 Å². The van der Waals surface area contributed by atoms with Gasteiger partial charge in [-0.05, 0) is 31.6 Å². The predicted molar refractivity (Wildman–Crippen MR) is 70.2 cm³/mol. The molecule has 0 aromatic heterocycles. The number of nitrogens with zero attached hydrogens (tertiary/aromatic N) is 1. The van der Waals surface area contributed by atoms with Gasteiger partial charge in [0.15, 0.2) is 0 Å². The van der Waals surface area contributed by atoms with Crippen LogP contribution in [-0.2, 0) is 9.53 Å². The van der Waals surface area contributed by atoms with E-state index in [1.165, 1.54) is 0 Å². The van der Waals surface area contributed by atoms with Gasteiger partial charge < -0.3 is 10.5 Å². The van der Waals surface area contributed by atoms with Gasteiger partial charge in [0.25, 0.3) is 0 Å². The highest BCUT2D eigenvalue weighted by Crippen LogP contribution is 2.19. The third kappa shape index (κ3) is 3.36. The molecule has 1 rings (SSSR count). The number of ether oxygens (including phenoxy) is 1. The number of nitrogens with two attached hydrogens (primary N) is 1. The van der Waals surface area contributed by atoms with E-state index in [4.69, 9.17) is 15.7 Å². The van der Waals surface area contributed by atoms with E-state index in [0.29, 0.717) is 17.9 Å². The molecule has 94 valence electrons. The molecule has 0 aliphatic rings. The van der Waals surface area contributed by atoms with Crippen LogP contribution in [0.15, 0.2) is 29.8 Å². The van der Waals surface area contributed by atoms with Gasteiger partial charge in [-0.25, -0.2) is 0 Å². The molecule has 0 heterocycles. The summed E-state index contributed by atoms with van der Waals surface area (Å²) in [6.45, 7) is 3.68. The zero-order chi connectivity index (χ0) is 13.5. The summed E-state index contributed by atoms with van der Waals surface area (Å²) in [5.74, 6) is -0.991. The molecule has 4 nitrogen and oxygen atoms in total. The zero-order valence-electron chi connectivity index (χ0n) is 10.5. The van der Waals surface area contributed by atoms with Crippen molar-refractivity contribution in [3.05, 3.63) is 35.4 Å². The number of benzene rings is 1. The fraction of sp³-hybridized carbons (Fsp3) is 0.286. The Morgan fingerprint density at radius 2 is 2.22 bits per heavy atom. The van der Waals surface area contributed by atoms with Crippen molar-refractivity contribution < 1.29 is 9.53 Å². The SMILES string of the molecule is CCOC(=O)C(C)/C(C#N)=C/c1ccccc1N. The molecule has 0 saturated heterocycles. The first-order valence-corrected chi connectivity index (χ1v) is 5.73. The van der Waals surface area contributed by atoms with Crippen LogP contribution in [0.2, 0.25) is 0 Å². The van der Waals surface area contributed by atoms with Gasteiger partial charge in [-0.2, -0.15) is 5.26 Å². The molecule has 4 heteroatoms. The second-order valence-electron chi connectivity index (χ2n) is 3.81. The smallest absolute Gasteiger partial charge is 0.313 e. The van der Waals surface area contributed by atoms with E-state index in [1.54, 1.807) is 32.1 Å². The molecule has 1 aromatic carbocycles. The Hall–Kier alpha value is -2.28. The Morgan fingerprint density at radius 3 is 2.78 bits per heavy atom. The Morgan fingerprint density at radius 1 is 1.56 bits per heavy atom. The van der Waals surface area contributed by atoms with E-state index in [-0.39, 0.29) is 0 Å². The van der Waals surface area contributed by atoms with E-state index >= 15 is 0 Å². The Bertz CT molecular complexity index is 501. The largest absolute Gasteiger partial charge is 0.466 e. The Kier molecular flexibility index (Phi) is 4.94. The van der Waals surface area contributed by atoms with E-state index in [9.17, 15) is 4.79 Å². The van der Waals surface area contributed by atoms with Crippen molar-refractivity contribution >= 4 is 17.7 Å². The van der Waals surface area contributed by atoms with E-state index in [0.717, 1.165) is 5.56 Å². The summed E-state index contributed by atoms with van der Waals surface area (Å²) >= 11 is 0. The molecule has 1 aromatic rings. The normalized spacial score (nSPS) is 12.6. The second kappa shape index (κ2) is 6.45. The molecule has 0 radical (unpaired) electrons. The first-order valence-electron chi connectivity index (χ1n) is 5.73. The molecule has 0 saturated carbocycles. The summed E-state index contributed by atoms with van der Waals surface area (Å²) in [6, 6.07) is 9.20. The molecule has 1 unspecified atom stereocenters. The van der Waals surface area contributed by atoms with Crippen LogP contribution in [0.1, 0.15) is 19.4 Å². The van der Waals surface area contributed by atoms with Gasteiger partial charge in [-0.1, -0.05) is 18.2 Å². The van der Waals surface area contributed by atoms with Crippen LogP contribution in [0, 0.1) is 17.2 Å². The second-order valence-corrected chi connectivity index (χ2v) is 3.81. The lowest BCUT2D eigenvalue weighted by Gasteiger charge is -2.09. The quantitative estimate of drug-likeness (QED) is 0.501. The molecule has 2 N–H and O–H groups in total. The van der Waals surface area contributed by atoms with Crippen molar-refractivity contribution in [2.45, 2.75) is 13.8 Å². The van der Waals surface area contributed by atoms with Crippen LogP contribution < -0.4 is 5.73 Å². The van der Waals surface area contributed by atoms with Crippen molar-refractivity contribution in [3.63, 3.8) is 0 Å². The zero-order valence-corrected chi connectivity index (χ0v) is 10.5. The van der Waals surface area contributed by atoms with Crippen LogP contribution in [0.5, 0.6) is 0 Å². The number of nitriles is 1. The number of nitrogen functional groups attached to an aromatic ring is 1. The number of carbonyl (C=O) groups is 1. The topological polar surface area (TPSA) is 76.1 Å². The lowest BCUT2D eigenvalue weighted by Crippen LogP contribution is -2.16. The monoisotopic (exact) mass is 244 g/mol. The van der Waals surface area contributed by atoms with Crippen molar-refractivity contribution in [3.8, 4) is 6.07 Å². The Balaban J connectivity index is 3.01. The number of anilines is 1. The molecule has 0 amide bonds. The first-order chi connectivity index (χ1) is 8.60. The molecule has 0 bridgehead atoms. The Labute approximate surface area is 107 Å². The third-order valence-corrected chi connectivity index (χ3v) is 2.54. The fourth-order valence-corrected chi connectivity index (χ4v) is 1.46. The van der Waals surface area contributed by atoms with Crippen LogP contribution in [0.3, 0.4) is 0 Å². The molecule has 0 spiro atoms. The first kappa shape index (κ1) is 13.8. The maximum atomic E-state index is 11.6. The lowest BCUT2D eigenvalue weighted by atomic mass is 9.99. The standard InChI is InChI=1S/C14H16N2O2/c1-3-18-14(17)10(2)12(9-15)8-11-6-4-5-7-13(11)16/h4-8,10H,3,16H2,1-2H3/b12-8+. The average Bonchev–Trinajstić information content (AvgIpc) is 2.37. The number of carbonyl (C=O) groups excluding carboxylic acids is 1. The van der Waals surface area contributed by atoms with Crippen molar-refractivity contribution in [2.75, 3.05) is 12.3 Å². The van der Waals surface area contributed by atoms with Crippen molar-refractivity contribution in [1.82, 2.24) is 0 Å². The van der Waals surface area contributed by atoms with Gasteiger partial charge in [-0.15, -0.1) is 0 Å². The lowest BCUT2D eigenvalue weighted by molar-refractivity contribution is -0.145. The van der Waals surface area contributed by atoms with Gasteiger partial charge in [0.05, 0.1) is 18.6 Å². The predicted octanol–water partition coefficient (Wildman–Crippen LogP) is 2.37. The number of rotatable bonds is 4. The highest BCUT2D eigenvalue weighted by Gasteiger charge is 2.19. The molecule has 0 fully saturated rings. The molecule has 0 aliphatic heterocycles. The average molecular weight is 244 g/mol. The summed E-state index contributed by atoms with van der Waals surface area (Å²) in [6.07, 6.45) is 1.62. The number of para-hydroxylation sites is 1. The molecule has 1 atom stereocenters. The molecular weight excluding hydrogens is 228 g/mol. The maximum Gasteiger partial charge on any atom is 0.313 e. The van der Waals surface area contributed by atoms with Crippen molar-refractivity contribution in [2.24, 2.45) is 5.92 Å². The van der Waals surface area contributed by atoms with Gasteiger partial charge in [-0.3, -0.25) is 4.79 Å². The molecule has 18 heavy (non-hydrogen) atoms.